The minimum Gasteiger partial charge on any atom is -0.463 e. The molecule has 0 N–H and O–H groups in total. The van der Waals surface area contributed by atoms with Gasteiger partial charge in [-0.25, -0.2) is 4.79 Å². The van der Waals surface area contributed by atoms with Gasteiger partial charge in [0.15, 0.2) is 11.4 Å². The molecule has 0 fully saturated rings. The van der Waals surface area contributed by atoms with Crippen molar-refractivity contribution >= 4 is 35.3 Å². The van der Waals surface area contributed by atoms with Gasteiger partial charge in [0.05, 0.1) is 6.61 Å². The Hall–Kier alpha value is -0.0000000000000000694. The van der Waals surface area contributed by atoms with E-state index in [0.29, 0.717) is 13.2 Å². The van der Waals surface area contributed by atoms with Gasteiger partial charge >= 0.3 is 12.1 Å². The van der Waals surface area contributed by atoms with Gasteiger partial charge in [-0.15, -0.1) is 4.52 Å². The third kappa shape index (κ3) is 9.00. The molecular weight excluding hydrogens is 291 g/mol. The number of ether oxygens (including phenoxy) is 2. The molecule has 0 aromatic carbocycles. The molecule has 2 unspecified atom stereocenters. The molecule has 0 spiro atoms. The molecule has 0 bridgehead atoms. The van der Waals surface area contributed by atoms with Crippen LogP contribution in [0.5, 0.6) is 0 Å². The summed E-state index contributed by atoms with van der Waals surface area (Å²) < 4.78 is 15.8. The summed E-state index contributed by atoms with van der Waals surface area (Å²) in [6.07, 6.45) is 0.806. The summed E-state index contributed by atoms with van der Waals surface area (Å²) in [4.78, 5) is 12.0. The molecule has 0 saturated carbocycles. The predicted molar refractivity (Wildman–Crippen MR) is 79.1 cm³/mol. The van der Waals surface area contributed by atoms with Crippen molar-refractivity contribution in [2.75, 3.05) is 13.2 Å². The van der Waals surface area contributed by atoms with Crippen LogP contribution in [0.1, 0.15) is 34.1 Å². The Morgan fingerprint density at radius 3 is 2.56 bits per heavy atom. The largest absolute Gasteiger partial charge is 0.463 e. The Morgan fingerprint density at radius 1 is 1.39 bits per heavy atom. The van der Waals surface area contributed by atoms with Crippen LogP contribution in [0, 0.1) is 0 Å². The molecule has 0 heterocycles. The first-order chi connectivity index (χ1) is 8.53. The summed E-state index contributed by atoms with van der Waals surface area (Å²) in [5.74, 6) is -0.349. The van der Waals surface area contributed by atoms with Gasteiger partial charge in [0.1, 0.15) is 0 Å². The lowest BCUT2D eigenvalue weighted by molar-refractivity contribution is -0.137. The van der Waals surface area contributed by atoms with Crippen molar-refractivity contribution in [2.24, 2.45) is 0 Å². The Kier molecular flexibility index (Phi) is 10.9. The minimum atomic E-state index is -1.12. The maximum absolute atomic E-state index is 11.2. The maximum atomic E-state index is 11.2. The van der Waals surface area contributed by atoms with E-state index in [9.17, 15) is 4.79 Å². The highest BCUT2D eigenvalue weighted by Crippen LogP contribution is 2.45. The van der Waals surface area contributed by atoms with E-state index in [1.54, 1.807) is 6.92 Å². The fourth-order valence-electron chi connectivity index (χ4n) is 1.02. The number of hydrogen-bond donors (Lipinski definition) is 0. The van der Waals surface area contributed by atoms with Crippen LogP contribution in [0.3, 0.4) is 0 Å². The van der Waals surface area contributed by atoms with Crippen molar-refractivity contribution < 1.29 is 18.8 Å². The third-order valence-electron chi connectivity index (χ3n) is 1.72. The normalized spacial score (nSPS) is 14.2. The molecule has 0 aromatic rings. The Balaban J connectivity index is 4.17. The smallest absolute Gasteiger partial charge is 0.422 e. The molecule has 2 atom stereocenters. The summed E-state index contributed by atoms with van der Waals surface area (Å²) in [6.45, 7) is 8.44. The second kappa shape index (κ2) is 10.9. The summed E-state index contributed by atoms with van der Waals surface area (Å²) in [5.41, 5.74) is 0. The van der Waals surface area contributed by atoms with Crippen molar-refractivity contribution in [1.29, 1.82) is 0 Å². The Bertz CT molecular complexity index is 307. The quantitative estimate of drug-likeness (QED) is 0.280. The van der Waals surface area contributed by atoms with E-state index in [1.165, 1.54) is 17.5 Å². The van der Waals surface area contributed by atoms with Gasteiger partial charge < -0.3 is 9.47 Å². The average Bonchev–Trinajstić information content (AvgIpc) is 2.28. The van der Waals surface area contributed by atoms with Crippen LogP contribution < -0.4 is 0 Å². The van der Waals surface area contributed by atoms with Crippen molar-refractivity contribution in [3.8, 4) is 0 Å². The molecule has 0 aliphatic heterocycles. The van der Waals surface area contributed by atoms with Gasteiger partial charge in [-0.05, 0) is 20.8 Å². The molecule has 0 radical (unpaired) electrons. The SMILES string of the molecule is CCOC(=O)C=C(C)S[P+](=S)OC(CC)OCC. The molecule has 0 aliphatic carbocycles. The van der Waals surface area contributed by atoms with E-state index in [4.69, 9.17) is 25.8 Å². The standard InChI is InChI=1S/C11H20O4PS2/c1-5-11(14-7-3)15-16(17)18-9(4)8-10(12)13-6-2/h8,11H,5-7H2,1-4H3/q+1. The van der Waals surface area contributed by atoms with E-state index < -0.39 is 6.13 Å². The van der Waals surface area contributed by atoms with E-state index in [2.05, 4.69) is 0 Å². The molecular formula is C11H20O4PS2+. The summed E-state index contributed by atoms with van der Waals surface area (Å²) in [5, 5.41) is 0. The lowest BCUT2D eigenvalue weighted by atomic mass is 10.5. The average molecular weight is 311 g/mol. The second-order valence-electron chi connectivity index (χ2n) is 3.22. The number of rotatable bonds is 9. The lowest BCUT2D eigenvalue weighted by Crippen LogP contribution is -2.11. The fourth-order valence-corrected chi connectivity index (χ4v) is 4.48. The van der Waals surface area contributed by atoms with Gasteiger partial charge in [0, 0.05) is 24.0 Å². The minimum absolute atomic E-state index is 0.262. The number of allylic oxidation sites excluding steroid dienone is 1. The highest BCUT2D eigenvalue weighted by Gasteiger charge is 2.22. The lowest BCUT2D eigenvalue weighted by Gasteiger charge is -2.08. The molecule has 0 saturated heterocycles. The molecule has 104 valence electrons. The summed E-state index contributed by atoms with van der Waals surface area (Å²) in [6, 6.07) is 0. The topological polar surface area (TPSA) is 44.8 Å². The van der Waals surface area contributed by atoms with Gasteiger partial charge in [-0.2, -0.15) is 0 Å². The molecule has 0 aliphatic rings. The zero-order valence-corrected chi connectivity index (χ0v) is 13.7. The maximum Gasteiger partial charge on any atom is 0.422 e. The van der Waals surface area contributed by atoms with Gasteiger partial charge in [-0.3, -0.25) is 0 Å². The number of hydrogen-bond acceptors (Lipinski definition) is 6. The van der Waals surface area contributed by atoms with E-state index in [0.717, 1.165) is 11.3 Å². The Morgan fingerprint density at radius 2 is 2.06 bits per heavy atom. The fraction of sp³-hybridized carbons (Fsp3) is 0.727. The monoisotopic (exact) mass is 311 g/mol. The number of esters is 1. The van der Waals surface area contributed by atoms with E-state index in [1.807, 2.05) is 20.8 Å². The van der Waals surface area contributed by atoms with Crippen LogP contribution in [0.15, 0.2) is 11.0 Å². The zero-order valence-electron chi connectivity index (χ0n) is 11.2. The molecule has 4 nitrogen and oxygen atoms in total. The van der Waals surface area contributed by atoms with Crippen molar-refractivity contribution in [2.45, 2.75) is 40.4 Å². The molecule has 7 heteroatoms. The van der Waals surface area contributed by atoms with Crippen molar-refractivity contribution in [3.05, 3.63) is 11.0 Å². The van der Waals surface area contributed by atoms with Crippen LogP contribution >= 0.6 is 17.5 Å². The van der Waals surface area contributed by atoms with Gasteiger partial charge in [0.2, 0.25) is 18.1 Å². The number of carbonyl (C=O) groups is 1. The van der Waals surface area contributed by atoms with Crippen LogP contribution in [-0.2, 0) is 30.6 Å². The second-order valence-corrected chi connectivity index (χ2v) is 7.94. The number of carbonyl (C=O) groups excluding carboxylic acids is 1. The summed E-state index contributed by atoms with van der Waals surface area (Å²) >= 11 is 6.58. The van der Waals surface area contributed by atoms with Crippen molar-refractivity contribution in [3.63, 3.8) is 0 Å². The van der Waals surface area contributed by atoms with Crippen molar-refractivity contribution in [1.82, 2.24) is 0 Å². The van der Waals surface area contributed by atoms with Crippen LogP contribution in [0.4, 0.5) is 0 Å². The molecule has 0 amide bonds. The van der Waals surface area contributed by atoms with Gasteiger partial charge in [0.25, 0.3) is 0 Å². The first kappa shape index (κ1) is 18.0. The molecule has 18 heavy (non-hydrogen) atoms. The summed E-state index contributed by atoms with van der Waals surface area (Å²) in [7, 11) is 0. The molecule has 0 aromatic heterocycles. The zero-order chi connectivity index (χ0) is 14.0. The Labute approximate surface area is 119 Å². The van der Waals surface area contributed by atoms with E-state index in [-0.39, 0.29) is 12.3 Å². The van der Waals surface area contributed by atoms with Crippen LogP contribution in [0.25, 0.3) is 0 Å². The first-order valence-corrected chi connectivity index (χ1v) is 9.51. The predicted octanol–water partition coefficient (Wildman–Crippen LogP) is 3.75. The third-order valence-corrected chi connectivity index (χ3v) is 5.18. The van der Waals surface area contributed by atoms with Crippen LogP contribution in [0.2, 0.25) is 0 Å². The first-order valence-electron chi connectivity index (χ1n) is 5.82. The van der Waals surface area contributed by atoms with E-state index >= 15 is 0 Å². The highest BCUT2D eigenvalue weighted by atomic mass is 32.9. The highest BCUT2D eigenvalue weighted by molar-refractivity contribution is 8.64. The molecule has 0 rings (SSSR count). The van der Waals surface area contributed by atoms with Crippen LogP contribution in [-0.4, -0.2) is 25.5 Å². The van der Waals surface area contributed by atoms with Gasteiger partial charge in [-0.1, -0.05) is 6.92 Å².